The molecular weight excluding hydrogens is 413 g/mol. The average Bonchev–Trinajstić information content (AvgIpc) is 2.73. The zero-order valence-electron chi connectivity index (χ0n) is 16.5. The molecule has 8 nitrogen and oxygen atoms in total. The minimum atomic E-state index is -3.61. The van der Waals surface area contributed by atoms with E-state index in [2.05, 4.69) is 15.4 Å². The SMILES string of the molecule is COCCNS(=O)(=O)c1ccc(CNC(=O)CCC(=O)Nc2ccc(F)cc2)cc1. The van der Waals surface area contributed by atoms with Gasteiger partial charge in [-0.25, -0.2) is 17.5 Å². The lowest BCUT2D eigenvalue weighted by Crippen LogP contribution is -2.27. The Labute approximate surface area is 174 Å². The van der Waals surface area contributed by atoms with Gasteiger partial charge in [-0.2, -0.15) is 0 Å². The van der Waals surface area contributed by atoms with Gasteiger partial charge in [-0.15, -0.1) is 0 Å². The molecule has 2 aromatic rings. The van der Waals surface area contributed by atoms with E-state index >= 15 is 0 Å². The molecule has 0 radical (unpaired) electrons. The van der Waals surface area contributed by atoms with Crippen molar-refractivity contribution in [3.05, 3.63) is 59.9 Å². The molecule has 3 N–H and O–H groups in total. The van der Waals surface area contributed by atoms with Crippen molar-refractivity contribution < 1.29 is 27.1 Å². The summed E-state index contributed by atoms with van der Waals surface area (Å²) in [7, 11) is -2.13. The van der Waals surface area contributed by atoms with E-state index in [0.29, 0.717) is 5.69 Å². The van der Waals surface area contributed by atoms with Gasteiger partial charge in [-0.05, 0) is 42.0 Å². The fraction of sp³-hybridized carbons (Fsp3) is 0.300. The highest BCUT2D eigenvalue weighted by atomic mass is 32.2. The Balaban J connectivity index is 1.75. The summed E-state index contributed by atoms with van der Waals surface area (Å²) in [6, 6.07) is 11.4. The Hall–Kier alpha value is -2.82. The second kappa shape index (κ2) is 11.4. The quantitative estimate of drug-likeness (QED) is 0.464. The van der Waals surface area contributed by atoms with Crippen molar-refractivity contribution in [2.45, 2.75) is 24.3 Å². The van der Waals surface area contributed by atoms with Crippen LogP contribution in [0.15, 0.2) is 53.4 Å². The summed E-state index contributed by atoms with van der Waals surface area (Å²) in [5.74, 6) is -1.07. The van der Waals surface area contributed by atoms with Gasteiger partial charge >= 0.3 is 0 Å². The van der Waals surface area contributed by atoms with Gasteiger partial charge in [0.05, 0.1) is 11.5 Å². The molecule has 0 aromatic heterocycles. The molecule has 0 spiro atoms. The molecule has 0 aliphatic rings. The molecule has 0 saturated carbocycles. The number of anilines is 1. The van der Waals surface area contributed by atoms with Gasteiger partial charge in [0.1, 0.15) is 5.82 Å². The number of hydrogen-bond acceptors (Lipinski definition) is 5. The van der Waals surface area contributed by atoms with E-state index in [1.54, 1.807) is 12.1 Å². The Kier molecular flexibility index (Phi) is 8.90. The van der Waals surface area contributed by atoms with Crippen LogP contribution in [0.5, 0.6) is 0 Å². The number of benzene rings is 2. The first-order valence-corrected chi connectivity index (χ1v) is 10.7. The van der Waals surface area contributed by atoms with E-state index in [1.165, 1.54) is 43.5 Å². The van der Waals surface area contributed by atoms with Gasteiger partial charge in [0.2, 0.25) is 21.8 Å². The molecule has 30 heavy (non-hydrogen) atoms. The number of halogens is 1. The van der Waals surface area contributed by atoms with Gasteiger partial charge in [-0.1, -0.05) is 12.1 Å². The first-order chi connectivity index (χ1) is 14.3. The van der Waals surface area contributed by atoms with Crippen molar-refractivity contribution in [2.24, 2.45) is 0 Å². The van der Waals surface area contributed by atoms with Crippen LogP contribution in [0.3, 0.4) is 0 Å². The molecule has 2 aromatic carbocycles. The van der Waals surface area contributed by atoms with Crippen LogP contribution in [0.2, 0.25) is 0 Å². The fourth-order valence-corrected chi connectivity index (χ4v) is 3.43. The number of carbonyl (C=O) groups excluding carboxylic acids is 2. The number of ether oxygens (including phenoxy) is 1. The Morgan fingerprint density at radius 2 is 1.60 bits per heavy atom. The Morgan fingerprint density at radius 1 is 0.967 bits per heavy atom. The molecule has 0 aliphatic carbocycles. The van der Waals surface area contributed by atoms with Gasteiger partial charge in [-0.3, -0.25) is 9.59 Å². The first-order valence-electron chi connectivity index (χ1n) is 9.20. The van der Waals surface area contributed by atoms with E-state index in [9.17, 15) is 22.4 Å². The minimum Gasteiger partial charge on any atom is -0.383 e. The molecule has 0 fully saturated rings. The van der Waals surface area contributed by atoms with Gasteiger partial charge in [0.25, 0.3) is 0 Å². The van der Waals surface area contributed by atoms with Crippen molar-refractivity contribution in [3.63, 3.8) is 0 Å². The highest BCUT2D eigenvalue weighted by Crippen LogP contribution is 2.11. The van der Waals surface area contributed by atoms with Gasteiger partial charge in [0, 0.05) is 38.7 Å². The lowest BCUT2D eigenvalue weighted by molar-refractivity contribution is -0.124. The lowest BCUT2D eigenvalue weighted by Gasteiger charge is -2.09. The van der Waals surface area contributed by atoms with E-state index in [4.69, 9.17) is 4.74 Å². The van der Waals surface area contributed by atoms with Gasteiger partial charge in [0.15, 0.2) is 0 Å². The lowest BCUT2D eigenvalue weighted by atomic mass is 10.2. The smallest absolute Gasteiger partial charge is 0.240 e. The highest BCUT2D eigenvalue weighted by Gasteiger charge is 2.13. The molecule has 2 rings (SSSR count). The highest BCUT2D eigenvalue weighted by molar-refractivity contribution is 7.89. The van der Waals surface area contributed by atoms with Crippen LogP contribution >= 0.6 is 0 Å². The Morgan fingerprint density at radius 3 is 2.23 bits per heavy atom. The minimum absolute atomic E-state index is 0.0110. The number of sulfonamides is 1. The number of carbonyl (C=O) groups is 2. The summed E-state index contributed by atoms with van der Waals surface area (Å²) >= 11 is 0. The standard InChI is InChI=1S/C20H24FN3O5S/c1-29-13-12-23-30(27,28)18-8-2-15(3-9-18)14-22-19(25)10-11-20(26)24-17-6-4-16(21)5-7-17/h2-9,23H,10-14H2,1H3,(H,22,25)(H,24,26). The van der Waals surface area contributed by atoms with Crippen molar-refractivity contribution in [1.29, 1.82) is 0 Å². The van der Waals surface area contributed by atoms with Crippen LogP contribution in [0, 0.1) is 5.82 Å². The molecular formula is C20H24FN3O5S. The first kappa shape index (κ1) is 23.5. The predicted octanol–water partition coefficient (Wildman–Crippen LogP) is 1.79. The van der Waals surface area contributed by atoms with Crippen LogP contribution in [0.1, 0.15) is 18.4 Å². The summed E-state index contributed by atoms with van der Waals surface area (Å²) in [5, 5.41) is 5.26. The zero-order chi connectivity index (χ0) is 22.0. The van der Waals surface area contributed by atoms with Crippen molar-refractivity contribution in [2.75, 3.05) is 25.6 Å². The van der Waals surface area contributed by atoms with Gasteiger partial charge < -0.3 is 15.4 Å². The maximum atomic E-state index is 12.8. The summed E-state index contributed by atoms with van der Waals surface area (Å²) in [6.45, 7) is 0.645. The van der Waals surface area contributed by atoms with Crippen LogP contribution in [-0.2, 0) is 30.9 Å². The van der Waals surface area contributed by atoms with Crippen molar-refractivity contribution >= 4 is 27.5 Å². The monoisotopic (exact) mass is 437 g/mol. The number of nitrogens with one attached hydrogen (secondary N) is 3. The van der Waals surface area contributed by atoms with Crippen LogP contribution in [-0.4, -0.2) is 40.5 Å². The summed E-state index contributed by atoms with van der Waals surface area (Å²) < 4.78 is 44.2. The predicted molar refractivity (Wildman–Crippen MR) is 110 cm³/mol. The molecule has 0 aliphatic heterocycles. The third-order valence-electron chi connectivity index (χ3n) is 4.03. The molecule has 10 heteroatoms. The summed E-state index contributed by atoms with van der Waals surface area (Å²) in [4.78, 5) is 23.9. The van der Waals surface area contributed by atoms with E-state index < -0.39 is 15.8 Å². The fourth-order valence-electron chi connectivity index (χ4n) is 2.42. The Bertz CT molecular complexity index is 947. The van der Waals surface area contributed by atoms with E-state index in [0.717, 1.165) is 5.56 Å². The molecule has 2 amide bonds. The molecule has 0 heterocycles. The molecule has 0 saturated heterocycles. The second-order valence-corrected chi connectivity index (χ2v) is 8.13. The van der Waals surface area contributed by atoms with Crippen LogP contribution < -0.4 is 15.4 Å². The maximum absolute atomic E-state index is 12.8. The topological polar surface area (TPSA) is 114 Å². The largest absolute Gasteiger partial charge is 0.383 e. The molecule has 0 atom stereocenters. The third-order valence-corrected chi connectivity index (χ3v) is 5.51. The number of amides is 2. The second-order valence-electron chi connectivity index (χ2n) is 6.37. The summed E-state index contributed by atoms with van der Waals surface area (Å²) in [6.07, 6.45) is -0.0313. The molecule has 0 unspecified atom stereocenters. The number of rotatable bonds is 11. The van der Waals surface area contributed by atoms with Crippen LogP contribution in [0.4, 0.5) is 10.1 Å². The molecule has 0 bridgehead atoms. The number of hydrogen-bond donors (Lipinski definition) is 3. The normalized spacial score (nSPS) is 11.1. The van der Waals surface area contributed by atoms with Crippen molar-refractivity contribution in [1.82, 2.24) is 10.0 Å². The maximum Gasteiger partial charge on any atom is 0.240 e. The third kappa shape index (κ3) is 7.90. The number of methoxy groups -OCH3 is 1. The van der Waals surface area contributed by atoms with Crippen LogP contribution in [0.25, 0.3) is 0 Å². The average molecular weight is 437 g/mol. The van der Waals surface area contributed by atoms with E-state index in [1.807, 2.05) is 0 Å². The summed E-state index contributed by atoms with van der Waals surface area (Å²) in [5.41, 5.74) is 1.17. The van der Waals surface area contributed by atoms with Crippen molar-refractivity contribution in [3.8, 4) is 0 Å². The van der Waals surface area contributed by atoms with E-state index in [-0.39, 0.29) is 49.2 Å². The molecule has 162 valence electrons. The zero-order valence-corrected chi connectivity index (χ0v) is 17.3.